The van der Waals surface area contributed by atoms with E-state index in [1.54, 1.807) is 13.8 Å². The Hall–Kier alpha value is -1.73. The first-order valence-electron chi connectivity index (χ1n) is 5.58. The lowest BCUT2D eigenvalue weighted by Crippen LogP contribution is -2.22. The van der Waals surface area contributed by atoms with Crippen molar-refractivity contribution >= 4 is 11.7 Å². The molecule has 1 aromatic rings. The highest BCUT2D eigenvalue weighted by Gasteiger charge is 2.09. The summed E-state index contributed by atoms with van der Waals surface area (Å²) in [5.74, 6) is 0.0211. The Balaban J connectivity index is 2.59. The molecule has 0 aliphatic rings. The normalized spacial score (nSPS) is 12.3. The third kappa shape index (κ3) is 4.64. The summed E-state index contributed by atoms with van der Waals surface area (Å²) < 4.78 is 5.06. The smallest absolute Gasteiger partial charge is 0.318 e. The average molecular weight is 255 g/mol. The Morgan fingerprint density at radius 3 is 2.89 bits per heavy atom. The van der Waals surface area contributed by atoms with Crippen LogP contribution < -0.4 is 10.1 Å². The van der Waals surface area contributed by atoms with Crippen molar-refractivity contribution < 1.29 is 19.7 Å². The van der Waals surface area contributed by atoms with Gasteiger partial charge in [-0.05, 0) is 6.07 Å². The fourth-order valence-electron chi connectivity index (χ4n) is 0.974. The van der Waals surface area contributed by atoms with E-state index in [1.807, 2.05) is 0 Å². The minimum atomic E-state index is -0.984. The number of aliphatic hydroxyl groups is 2. The quantitative estimate of drug-likeness (QED) is 0.650. The molecule has 100 valence electrons. The number of carbonyl (C=O) groups excluding carboxylic acids is 1. The van der Waals surface area contributed by atoms with Crippen LogP contribution in [0.25, 0.3) is 0 Å². The van der Waals surface area contributed by atoms with Crippen molar-refractivity contribution in [2.75, 3.05) is 18.5 Å². The summed E-state index contributed by atoms with van der Waals surface area (Å²) in [4.78, 5) is 19.2. The highest BCUT2D eigenvalue weighted by atomic mass is 16.5. The SMILES string of the molecule is CC(C)C(=O)Nc1ccnc(OC[C@H](O)CO)n1. The fraction of sp³-hybridized carbons (Fsp3) is 0.545. The predicted octanol–water partition coefficient (Wildman–Crippen LogP) is -0.197. The van der Waals surface area contributed by atoms with Crippen LogP contribution in [0.4, 0.5) is 5.82 Å². The first kappa shape index (κ1) is 14.3. The summed E-state index contributed by atoms with van der Waals surface area (Å²) in [6.45, 7) is 3.03. The molecule has 7 heteroatoms. The summed E-state index contributed by atoms with van der Waals surface area (Å²) >= 11 is 0. The predicted molar refractivity (Wildman–Crippen MR) is 64.1 cm³/mol. The summed E-state index contributed by atoms with van der Waals surface area (Å²) in [7, 11) is 0. The number of aromatic nitrogens is 2. The highest BCUT2D eigenvalue weighted by Crippen LogP contribution is 2.09. The average Bonchev–Trinajstić information content (AvgIpc) is 2.36. The maximum absolute atomic E-state index is 11.5. The molecule has 0 saturated heterocycles. The van der Waals surface area contributed by atoms with Crippen LogP contribution in [0, 0.1) is 5.92 Å². The van der Waals surface area contributed by atoms with Gasteiger partial charge in [0.1, 0.15) is 18.5 Å². The monoisotopic (exact) mass is 255 g/mol. The topological polar surface area (TPSA) is 105 Å². The highest BCUT2D eigenvalue weighted by molar-refractivity contribution is 5.91. The number of nitrogens with one attached hydrogen (secondary N) is 1. The van der Waals surface area contributed by atoms with Gasteiger partial charge in [0.05, 0.1) is 6.61 Å². The van der Waals surface area contributed by atoms with Gasteiger partial charge in [-0.2, -0.15) is 4.98 Å². The molecule has 1 rings (SSSR count). The fourth-order valence-corrected chi connectivity index (χ4v) is 0.974. The molecule has 0 aromatic carbocycles. The Morgan fingerprint density at radius 1 is 1.56 bits per heavy atom. The molecule has 1 heterocycles. The number of rotatable bonds is 6. The Bertz CT molecular complexity index is 398. The molecule has 0 fully saturated rings. The van der Waals surface area contributed by atoms with E-state index >= 15 is 0 Å². The van der Waals surface area contributed by atoms with Gasteiger partial charge in [0.15, 0.2) is 0 Å². The number of carbonyl (C=O) groups is 1. The van der Waals surface area contributed by atoms with E-state index < -0.39 is 12.7 Å². The van der Waals surface area contributed by atoms with Gasteiger partial charge in [-0.3, -0.25) is 4.79 Å². The van der Waals surface area contributed by atoms with Crippen LogP contribution in [0.1, 0.15) is 13.8 Å². The van der Waals surface area contributed by atoms with Crippen molar-refractivity contribution in [3.8, 4) is 6.01 Å². The molecule has 0 aliphatic heterocycles. The number of anilines is 1. The van der Waals surface area contributed by atoms with Crippen LogP contribution in [0.3, 0.4) is 0 Å². The molecule has 1 amide bonds. The molecule has 0 spiro atoms. The lowest BCUT2D eigenvalue weighted by molar-refractivity contribution is -0.118. The van der Waals surface area contributed by atoms with E-state index in [0.29, 0.717) is 5.82 Å². The molecule has 0 saturated carbocycles. The third-order valence-electron chi connectivity index (χ3n) is 2.02. The second-order valence-electron chi connectivity index (χ2n) is 4.02. The maximum atomic E-state index is 11.5. The Morgan fingerprint density at radius 2 is 2.28 bits per heavy atom. The Labute approximate surface area is 105 Å². The van der Waals surface area contributed by atoms with E-state index in [4.69, 9.17) is 14.9 Å². The van der Waals surface area contributed by atoms with Gasteiger partial charge in [-0.25, -0.2) is 4.98 Å². The maximum Gasteiger partial charge on any atom is 0.318 e. The van der Waals surface area contributed by atoms with Gasteiger partial charge in [0.2, 0.25) is 5.91 Å². The lowest BCUT2D eigenvalue weighted by Gasteiger charge is -2.10. The van der Waals surface area contributed by atoms with Gasteiger partial charge in [0.25, 0.3) is 0 Å². The van der Waals surface area contributed by atoms with E-state index in [9.17, 15) is 4.79 Å². The summed E-state index contributed by atoms with van der Waals surface area (Å²) in [6.07, 6.45) is 0.450. The van der Waals surface area contributed by atoms with E-state index in [2.05, 4.69) is 15.3 Å². The van der Waals surface area contributed by atoms with Crippen molar-refractivity contribution in [3.05, 3.63) is 12.3 Å². The largest absolute Gasteiger partial charge is 0.461 e. The number of hydrogen-bond acceptors (Lipinski definition) is 6. The number of hydrogen-bond donors (Lipinski definition) is 3. The van der Waals surface area contributed by atoms with Gasteiger partial charge < -0.3 is 20.3 Å². The van der Waals surface area contributed by atoms with E-state index in [-0.39, 0.29) is 24.4 Å². The van der Waals surface area contributed by atoms with Crippen LogP contribution in [0.15, 0.2) is 12.3 Å². The molecule has 7 nitrogen and oxygen atoms in total. The second-order valence-corrected chi connectivity index (χ2v) is 4.02. The number of nitrogens with zero attached hydrogens (tertiary/aromatic N) is 2. The van der Waals surface area contributed by atoms with Crippen LogP contribution in [0.5, 0.6) is 6.01 Å². The molecule has 0 unspecified atom stereocenters. The first-order valence-corrected chi connectivity index (χ1v) is 5.58. The van der Waals surface area contributed by atoms with Crippen molar-refractivity contribution in [1.82, 2.24) is 9.97 Å². The molecular weight excluding hydrogens is 238 g/mol. The summed E-state index contributed by atoms with van der Waals surface area (Å²) in [5.41, 5.74) is 0. The van der Waals surface area contributed by atoms with E-state index in [0.717, 1.165) is 0 Å². The number of amides is 1. The van der Waals surface area contributed by atoms with Gasteiger partial charge in [-0.15, -0.1) is 0 Å². The zero-order valence-electron chi connectivity index (χ0n) is 10.3. The minimum Gasteiger partial charge on any atom is -0.461 e. The van der Waals surface area contributed by atoms with Crippen molar-refractivity contribution in [1.29, 1.82) is 0 Å². The van der Waals surface area contributed by atoms with Gasteiger partial charge in [0, 0.05) is 12.1 Å². The summed E-state index contributed by atoms with van der Waals surface area (Å²) in [5, 5.41) is 20.3. The van der Waals surface area contributed by atoms with Crippen LogP contribution in [0.2, 0.25) is 0 Å². The summed E-state index contributed by atoms with van der Waals surface area (Å²) in [6, 6.07) is 1.57. The Kier molecular flexibility index (Phi) is 5.47. The van der Waals surface area contributed by atoms with Crippen LogP contribution in [-0.4, -0.2) is 45.4 Å². The van der Waals surface area contributed by atoms with Gasteiger partial charge in [-0.1, -0.05) is 13.8 Å². The van der Waals surface area contributed by atoms with E-state index in [1.165, 1.54) is 12.3 Å². The second kappa shape index (κ2) is 6.87. The molecule has 1 aromatic heterocycles. The van der Waals surface area contributed by atoms with Crippen molar-refractivity contribution in [3.63, 3.8) is 0 Å². The number of aliphatic hydroxyl groups excluding tert-OH is 2. The third-order valence-corrected chi connectivity index (χ3v) is 2.02. The van der Waals surface area contributed by atoms with Crippen molar-refractivity contribution in [2.24, 2.45) is 5.92 Å². The first-order chi connectivity index (χ1) is 8.52. The molecule has 0 aliphatic carbocycles. The van der Waals surface area contributed by atoms with Crippen molar-refractivity contribution in [2.45, 2.75) is 20.0 Å². The molecule has 1 atom stereocenters. The number of ether oxygens (including phenoxy) is 1. The molecular formula is C11H17N3O4. The molecule has 18 heavy (non-hydrogen) atoms. The molecule has 0 bridgehead atoms. The molecule has 3 N–H and O–H groups in total. The zero-order valence-corrected chi connectivity index (χ0v) is 10.3. The lowest BCUT2D eigenvalue weighted by atomic mass is 10.2. The molecule has 0 radical (unpaired) electrons. The van der Waals surface area contributed by atoms with Gasteiger partial charge >= 0.3 is 6.01 Å². The standard InChI is InChI=1S/C11H17N3O4/c1-7(2)10(17)13-9-3-4-12-11(14-9)18-6-8(16)5-15/h3-4,7-8,15-16H,5-6H2,1-2H3,(H,12,13,14,17)/t8-/m1/s1. The zero-order chi connectivity index (χ0) is 13.5. The van der Waals surface area contributed by atoms with Crippen LogP contribution >= 0.6 is 0 Å². The van der Waals surface area contributed by atoms with Crippen LogP contribution in [-0.2, 0) is 4.79 Å². The minimum absolute atomic E-state index is 0.0315.